The Hall–Kier alpha value is -1.43. The first-order valence-corrected chi connectivity index (χ1v) is 5.35. The topological polar surface area (TPSA) is 61.3 Å². The molecule has 0 saturated heterocycles. The van der Waals surface area contributed by atoms with E-state index >= 15 is 0 Å². The van der Waals surface area contributed by atoms with Crippen molar-refractivity contribution in [1.29, 1.82) is 0 Å². The maximum atomic E-state index is 11.4. The molecule has 0 radical (unpaired) electrons. The number of nitrogens with zero attached hydrogens (tertiary/aromatic N) is 2. The number of hydrogen-bond donors (Lipinski definition) is 0. The number of methoxy groups -OCH3 is 1. The lowest BCUT2D eigenvalue weighted by Gasteiger charge is -2.17. The summed E-state index contributed by atoms with van der Waals surface area (Å²) in [6, 6.07) is 0. The molecule has 1 aromatic rings. The maximum Gasteiger partial charge on any atom is 0.359 e. The van der Waals surface area contributed by atoms with E-state index in [9.17, 15) is 4.79 Å². The van der Waals surface area contributed by atoms with Gasteiger partial charge in [0.25, 0.3) is 0 Å². The first kappa shape index (κ1) is 11.1. The lowest BCUT2D eigenvalue weighted by atomic mass is 10.1. The van der Waals surface area contributed by atoms with Gasteiger partial charge in [0.1, 0.15) is 16.9 Å². The largest absolute Gasteiger partial charge is 0.472 e. The number of esters is 1. The molecule has 0 atom stereocenters. The van der Waals surface area contributed by atoms with Crippen molar-refractivity contribution in [2.24, 2.45) is 0 Å². The highest BCUT2D eigenvalue weighted by molar-refractivity contribution is 9.10. The Morgan fingerprint density at radius 1 is 1.56 bits per heavy atom. The van der Waals surface area contributed by atoms with Gasteiger partial charge in [-0.2, -0.15) is 0 Å². The predicted octanol–water partition coefficient (Wildman–Crippen LogP) is 1.52. The van der Waals surface area contributed by atoms with Crippen molar-refractivity contribution in [3.8, 4) is 5.88 Å². The maximum absolute atomic E-state index is 11.4. The van der Waals surface area contributed by atoms with Gasteiger partial charge in [-0.1, -0.05) is 6.58 Å². The third-order valence-electron chi connectivity index (χ3n) is 2.10. The average Bonchev–Trinajstić information content (AvgIpc) is 2.28. The van der Waals surface area contributed by atoms with Crippen LogP contribution in [-0.4, -0.2) is 29.7 Å². The molecule has 0 amide bonds. The fourth-order valence-electron chi connectivity index (χ4n) is 1.35. The highest BCUT2D eigenvalue weighted by atomic mass is 79.9. The van der Waals surface area contributed by atoms with Gasteiger partial charge in [0, 0.05) is 6.42 Å². The molecule has 0 spiro atoms. The van der Waals surface area contributed by atoms with Gasteiger partial charge in [0.2, 0.25) is 5.88 Å². The second-order valence-electron chi connectivity index (χ2n) is 3.32. The van der Waals surface area contributed by atoms with Crippen LogP contribution in [0.2, 0.25) is 0 Å². The summed E-state index contributed by atoms with van der Waals surface area (Å²) in [5.74, 6) is -0.0923. The monoisotopic (exact) mass is 284 g/mol. The third-order valence-corrected chi connectivity index (χ3v) is 2.65. The van der Waals surface area contributed by atoms with Gasteiger partial charge in [0.05, 0.1) is 7.11 Å². The summed E-state index contributed by atoms with van der Waals surface area (Å²) in [5.41, 5.74) is 1.67. The molecule has 1 aromatic heterocycles. The summed E-state index contributed by atoms with van der Waals surface area (Å²) >= 11 is 3.16. The smallest absolute Gasteiger partial charge is 0.359 e. The van der Waals surface area contributed by atoms with Crippen molar-refractivity contribution in [2.45, 2.75) is 6.42 Å². The Kier molecular flexibility index (Phi) is 2.91. The molecule has 6 heteroatoms. The summed E-state index contributed by atoms with van der Waals surface area (Å²) < 4.78 is 10.3. The number of hydrogen-bond acceptors (Lipinski definition) is 5. The zero-order valence-corrected chi connectivity index (χ0v) is 10.2. The number of rotatable bonds is 1. The quantitative estimate of drug-likeness (QED) is 0.578. The number of aromatic nitrogens is 2. The standard InChI is InChI=1S/C10H9BrN2O3/c1-5-3-6-9(16-4-5)13-8(11)7(12-6)10(14)15-2/h1,3-4H2,2H3. The van der Waals surface area contributed by atoms with Gasteiger partial charge in [-0.15, -0.1) is 0 Å². The molecule has 0 fully saturated rings. The predicted molar refractivity (Wildman–Crippen MR) is 59.4 cm³/mol. The molecule has 1 aliphatic heterocycles. The Morgan fingerprint density at radius 2 is 2.31 bits per heavy atom. The van der Waals surface area contributed by atoms with Crippen LogP contribution in [0.4, 0.5) is 0 Å². The van der Waals surface area contributed by atoms with E-state index in [0.29, 0.717) is 29.2 Å². The molecule has 0 unspecified atom stereocenters. The van der Waals surface area contributed by atoms with E-state index in [1.54, 1.807) is 0 Å². The van der Waals surface area contributed by atoms with E-state index in [1.807, 2.05) is 0 Å². The first-order chi connectivity index (χ1) is 7.61. The van der Waals surface area contributed by atoms with Crippen molar-refractivity contribution in [3.05, 3.63) is 28.1 Å². The summed E-state index contributed by atoms with van der Waals surface area (Å²) in [6.07, 6.45) is 0.569. The highest BCUT2D eigenvalue weighted by Gasteiger charge is 2.22. The molecule has 0 N–H and O–H groups in total. The summed E-state index contributed by atoms with van der Waals surface area (Å²) in [7, 11) is 1.30. The van der Waals surface area contributed by atoms with E-state index in [4.69, 9.17) is 4.74 Å². The molecule has 5 nitrogen and oxygen atoms in total. The number of carbonyl (C=O) groups excluding carboxylic acids is 1. The molecule has 16 heavy (non-hydrogen) atoms. The van der Waals surface area contributed by atoms with Crippen LogP contribution >= 0.6 is 15.9 Å². The van der Waals surface area contributed by atoms with Crippen LogP contribution in [0.3, 0.4) is 0 Å². The Morgan fingerprint density at radius 3 is 3.00 bits per heavy atom. The zero-order chi connectivity index (χ0) is 11.7. The normalized spacial score (nSPS) is 14.0. The molecular formula is C10H9BrN2O3. The van der Waals surface area contributed by atoms with Gasteiger partial charge >= 0.3 is 5.97 Å². The summed E-state index contributed by atoms with van der Waals surface area (Å²) in [4.78, 5) is 19.7. The minimum Gasteiger partial charge on any atom is -0.472 e. The fraction of sp³-hybridized carbons (Fsp3) is 0.300. The molecule has 0 aliphatic carbocycles. The summed E-state index contributed by atoms with van der Waals surface area (Å²) in [6.45, 7) is 4.25. The lowest BCUT2D eigenvalue weighted by Crippen LogP contribution is -2.17. The summed E-state index contributed by atoms with van der Waals surface area (Å²) in [5, 5.41) is 0. The second-order valence-corrected chi connectivity index (χ2v) is 4.07. The van der Waals surface area contributed by atoms with E-state index in [2.05, 4.69) is 37.2 Å². The average molecular weight is 285 g/mol. The molecule has 0 bridgehead atoms. The van der Waals surface area contributed by atoms with Crippen LogP contribution in [0.5, 0.6) is 5.88 Å². The SMILES string of the molecule is C=C1COc2nc(Br)c(C(=O)OC)nc2C1. The molecular weight excluding hydrogens is 276 g/mol. The van der Waals surface area contributed by atoms with Crippen molar-refractivity contribution in [3.63, 3.8) is 0 Å². The second kappa shape index (κ2) is 4.21. The lowest BCUT2D eigenvalue weighted by molar-refractivity contribution is 0.0591. The van der Waals surface area contributed by atoms with Crippen LogP contribution in [0.1, 0.15) is 16.2 Å². The Labute approximate surface area is 101 Å². The van der Waals surface area contributed by atoms with E-state index in [1.165, 1.54) is 7.11 Å². The molecule has 1 aliphatic rings. The van der Waals surface area contributed by atoms with Crippen LogP contribution in [0.15, 0.2) is 16.8 Å². The minimum absolute atomic E-state index is 0.152. The first-order valence-electron chi connectivity index (χ1n) is 4.56. The molecule has 84 valence electrons. The zero-order valence-electron chi connectivity index (χ0n) is 8.62. The van der Waals surface area contributed by atoms with Crippen molar-refractivity contribution >= 4 is 21.9 Å². The van der Waals surface area contributed by atoms with Gasteiger partial charge in [-0.05, 0) is 21.5 Å². The van der Waals surface area contributed by atoms with Gasteiger partial charge < -0.3 is 9.47 Å². The minimum atomic E-state index is -0.529. The van der Waals surface area contributed by atoms with Crippen LogP contribution in [-0.2, 0) is 11.2 Å². The Bertz CT molecular complexity index is 473. The van der Waals surface area contributed by atoms with Gasteiger partial charge in [0.15, 0.2) is 5.69 Å². The Balaban J connectivity index is 2.46. The van der Waals surface area contributed by atoms with Crippen LogP contribution < -0.4 is 4.74 Å². The van der Waals surface area contributed by atoms with Crippen LogP contribution in [0.25, 0.3) is 0 Å². The molecule has 0 saturated carbocycles. The molecule has 0 aromatic carbocycles. The van der Waals surface area contributed by atoms with Gasteiger partial charge in [-0.3, -0.25) is 0 Å². The van der Waals surface area contributed by atoms with E-state index < -0.39 is 5.97 Å². The number of fused-ring (bicyclic) bond motifs is 1. The number of ether oxygens (including phenoxy) is 2. The van der Waals surface area contributed by atoms with Crippen molar-refractivity contribution in [1.82, 2.24) is 9.97 Å². The van der Waals surface area contributed by atoms with Crippen molar-refractivity contribution < 1.29 is 14.3 Å². The molecule has 2 heterocycles. The van der Waals surface area contributed by atoms with Crippen LogP contribution in [0, 0.1) is 0 Å². The number of carbonyl (C=O) groups is 1. The van der Waals surface area contributed by atoms with E-state index in [-0.39, 0.29) is 5.69 Å². The third kappa shape index (κ3) is 1.92. The fourth-order valence-corrected chi connectivity index (χ4v) is 1.76. The highest BCUT2D eigenvalue weighted by Crippen LogP contribution is 2.26. The van der Waals surface area contributed by atoms with E-state index in [0.717, 1.165) is 5.57 Å². The van der Waals surface area contributed by atoms with Gasteiger partial charge in [-0.25, -0.2) is 14.8 Å². The van der Waals surface area contributed by atoms with Crippen molar-refractivity contribution in [2.75, 3.05) is 13.7 Å². The molecule has 2 rings (SSSR count). The number of halogens is 1.